The minimum atomic E-state index is -0.0490. The fraction of sp³-hybridized carbons (Fsp3) is 0.381. The number of benzene rings is 1. The molecule has 1 aliphatic heterocycles. The van der Waals surface area contributed by atoms with E-state index in [1.807, 2.05) is 17.0 Å². The van der Waals surface area contributed by atoms with E-state index < -0.39 is 0 Å². The van der Waals surface area contributed by atoms with Crippen molar-refractivity contribution in [3.8, 4) is 5.75 Å². The van der Waals surface area contributed by atoms with Crippen molar-refractivity contribution >= 4 is 28.7 Å². The van der Waals surface area contributed by atoms with Crippen LogP contribution in [-0.4, -0.2) is 44.6 Å². The molecular weight excluding hydrogens is 392 g/mol. The number of hydrogen-bond donors (Lipinski definition) is 0. The quantitative estimate of drug-likeness (QED) is 0.643. The highest BCUT2D eigenvalue weighted by atomic mass is 35.5. The number of ether oxygens (including phenoxy) is 1. The molecule has 29 heavy (non-hydrogen) atoms. The second-order valence-corrected chi connectivity index (χ2v) is 7.80. The van der Waals surface area contributed by atoms with Gasteiger partial charge in [-0.3, -0.25) is 13.9 Å². The zero-order chi connectivity index (χ0) is 20.4. The van der Waals surface area contributed by atoms with E-state index in [1.165, 1.54) is 0 Å². The maximum Gasteiger partial charge on any atom is 0.330 e. The number of aryl methyl sites for hydroxylation is 1. The number of likely N-dealkylation sites (tertiary alicyclic amines) is 1. The molecule has 3 aromatic rings. The minimum absolute atomic E-state index is 0.00227. The fourth-order valence-corrected chi connectivity index (χ4v) is 3.99. The molecule has 0 N–H and O–H groups in total. The minimum Gasteiger partial charge on any atom is -0.484 e. The number of amides is 1. The smallest absolute Gasteiger partial charge is 0.330 e. The number of carbonyl (C=O) groups is 1. The van der Waals surface area contributed by atoms with Crippen LogP contribution >= 0.6 is 11.6 Å². The summed E-state index contributed by atoms with van der Waals surface area (Å²) in [5.41, 5.74) is 1.50. The SMILES string of the molecule is Cn1c(=O)n(CC2CCN(C(=O)COc3cccc(Cl)c3)CC2)c2ncccc21. The van der Waals surface area contributed by atoms with Gasteiger partial charge in [-0.05, 0) is 49.1 Å². The van der Waals surface area contributed by atoms with Gasteiger partial charge >= 0.3 is 5.69 Å². The molecule has 0 radical (unpaired) electrons. The molecule has 1 fully saturated rings. The molecule has 3 heterocycles. The van der Waals surface area contributed by atoms with Gasteiger partial charge in [0.15, 0.2) is 12.3 Å². The Kier molecular flexibility index (Phi) is 5.58. The van der Waals surface area contributed by atoms with Crippen molar-refractivity contribution < 1.29 is 9.53 Å². The third-order valence-corrected chi connectivity index (χ3v) is 5.70. The number of aromatic nitrogens is 3. The van der Waals surface area contributed by atoms with Crippen LogP contribution in [-0.2, 0) is 18.4 Å². The molecule has 1 amide bonds. The number of rotatable bonds is 5. The van der Waals surface area contributed by atoms with E-state index in [0.29, 0.717) is 42.0 Å². The molecule has 1 aliphatic rings. The van der Waals surface area contributed by atoms with Crippen molar-refractivity contribution in [3.63, 3.8) is 0 Å². The first-order chi connectivity index (χ1) is 14.0. The molecule has 0 bridgehead atoms. The maximum absolute atomic E-state index is 12.6. The molecule has 0 aliphatic carbocycles. The summed E-state index contributed by atoms with van der Waals surface area (Å²) in [6.45, 7) is 1.94. The van der Waals surface area contributed by atoms with Gasteiger partial charge < -0.3 is 9.64 Å². The number of imidazole rings is 1. The number of hydrogen-bond acceptors (Lipinski definition) is 4. The summed E-state index contributed by atoms with van der Waals surface area (Å²) < 4.78 is 8.94. The summed E-state index contributed by atoms with van der Waals surface area (Å²) in [7, 11) is 1.77. The van der Waals surface area contributed by atoms with Crippen LogP contribution in [0.15, 0.2) is 47.4 Å². The van der Waals surface area contributed by atoms with Crippen LogP contribution in [0.4, 0.5) is 0 Å². The zero-order valence-corrected chi connectivity index (χ0v) is 17.0. The summed E-state index contributed by atoms with van der Waals surface area (Å²) >= 11 is 5.93. The van der Waals surface area contributed by atoms with Gasteiger partial charge in [-0.2, -0.15) is 0 Å². The highest BCUT2D eigenvalue weighted by molar-refractivity contribution is 6.30. The van der Waals surface area contributed by atoms with Crippen LogP contribution in [0.25, 0.3) is 11.2 Å². The average molecular weight is 415 g/mol. The van der Waals surface area contributed by atoms with Gasteiger partial charge in [0.1, 0.15) is 5.75 Å². The first kappa shape index (κ1) is 19.5. The van der Waals surface area contributed by atoms with E-state index in [2.05, 4.69) is 4.98 Å². The second kappa shape index (κ2) is 8.29. The summed E-state index contributed by atoms with van der Waals surface area (Å²) in [6.07, 6.45) is 3.40. The van der Waals surface area contributed by atoms with E-state index in [0.717, 1.165) is 18.4 Å². The average Bonchev–Trinajstić information content (AvgIpc) is 2.98. The number of piperidine rings is 1. The van der Waals surface area contributed by atoms with Gasteiger partial charge in [0.25, 0.3) is 5.91 Å². The Bertz CT molecular complexity index is 1080. The van der Waals surface area contributed by atoms with Crippen LogP contribution in [0.5, 0.6) is 5.75 Å². The molecule has 0 spiro atoms. The summed E-state index contributed by atoms with van der Waals surface area (Å²) in [5.74, 6) is 0.884. The van der Waals surface area contributed by atoms with Crippen molar-refractivity contribution in [2.24, 2.45) is 13.0 Å². The fourth-order valence-electron chi connectivity index (χ4n) is 3.81. The predicted molar refractivity (Wildman–Crippen MR) is 111 cm³/mol. The Morgan fingerprint density at radius 2 is 2.03 bits per heavy atom. The summed E-state index contributed by atoms with van der Waals surface area (Å²) in [4.78, 5) is 31.2. The molecule has 7 nitrogen and oxygen atoms in total. The Morgan fingerprint density at radius 1 is 1.24 bits per heavy atom. The highest BCUT2D eigenvalue weighted by Gasteiger charge is 2.25. The van der Waals surface area contributed by atoms with Crippen molar-refractivity contribution in [2.75, 3.05) is 19.7 Å². The maximum atomic E-state index is 12.6. The Morgan fingerprint density at radius 3 is 2.79 bits per heavy atom. The molecule has 0 unspecified atom stereocenters. The third kappa shape index (κ3) is 4.15. The molecule has 152 valence electrons. The summed E-state index contributed by atoms with van der Waals surface area (Å²) in [6, 6.07) is 10.8. The Labute approximate surface area is 173 Å². The van der Waals surface area contributed by atoms with E-state index in [9.17, 15) is 9.59 Å². The van der Waals surface area contributed by atoms with Crippen molar-refractivity contribution in [1.29, 1.82) is 0 Å². The molecule has 1 aromatic carbocycles. The molecule has 0 saturated carbocycles. The van der Waals surface area contributed by atoms with E-state index in [-0.39, 0.29) is 18.2 Å². The normalized spacial score (nSPS) is 15.0. The molecule has 8 heteroatoms. The second-order valence-electron chi connectivity index (χ2n) is 7.37. The van der Waals surface area contributed by atoms with Crippen molar-refractivity contribution in [3.05, 3.63) is 58.1 Å². The van der Waals surface area contributed by atoms with Crippen molar-refractivity contribution in [1.82, 2.24) is 19.0 Å². The highest BCUT2D eigenvalue weighted by Crippen LogP contribution is 2.21. The number of carbonyl (C=O) groups excluding carboxylic acids is 1. The first-order valence-corrected chi connectivity index (χ1v) is 10.1. The van der Waals surface area contributed by atoms with E-state index >= 15 is 0 Å². The lowest BCUT2D eigenvalue weighted by atomic mass is 9.96. The van der Waals surface area contributed by atoms with Gasteiger partial charge in [0.05, 0.1) is 5.52 Å². The van der Waals surface area contributed by atoms with Crippen molar-refractivity contribution in [2.45, 2.75) is 19.4 Å². The van der Waals surface area contributed by atoms with Crippen LogP contribution in [0.2, 0.25) is 5.02 Å². The largest absolute Gasteiger partial charge is 0.484 e. The van der Waals surface area contributed by atoms with Gasteiger partial charge in [-0.1, -0.05) is 17.7 Å². The van der Waals surface area contributed by atoms with Gasteiger partial charge in [0, 0.05) is 37.9 Å². The molecular formula is C21H23ClN4O3. The zero-order valence-electron chi connectivity index (χ0n) is 16.3. The summed E-state index contributed by atoms with van der Waals surface area (Å²) in [5, 5.41) is 0.578. The Balaban J connectivity index is 1.33. The lowest BCUT2D eigenvalue weighted by Crippen LogP contribution is -2.42. The number of nitrogens with zero attached hydrogens (tertiary/aromatic N) is 4. The van der Waals surface area contributed by atoms with Gasteiger partial charge in [-0.15, -0.1) is 0 Å². The molecule has 4 rings (SSSR count). The number of halogens is 1. The van der Waals surface area contributed by atoms with Gasteiger partial charge in [-0.25, -0.2) is 9.78 Å². The Hall–Kier alpha value is -2.80. The predicted octanol–water partition coefficient (Wildman–Crippen LogP) is 2.71. The monoisotopic (exact) mass is 414 g/mol. The first-order valence-electron chi connectivity index (χ1n) is 9.69. The molecule has 0 atom stereocenters. The van der Waals surface area contributed by atoms with E-state index in [1.54, 1.807) is 46.6 Å². The number of pyridine rings is 1. The topological polar surface area (TPSA) is 69.4 Å². The number of fused-ring (bicyclic) bond motifs is 1. The van der Waals surface area contributed by atoms with Crippen LogP contribution in [0.3, 0.4) is 0 Å². The lowest BCUT2D eigenvalue weighted by molar-refractivity contribution is -0.134. The van der Waals surface area contributed by atoms with Crippen LogP contribution in [0, 0.1) is 5.92 Å². The third-order valence-electron chi connectivity index (χ3n) is 5.47. The lowest BCUT2D eigenvalue weighted by Gasteiger charge is -2.32. The van der Waals surface area contributed by atoms with Crippen LogP contribution < -0.4 is 10.4 Å². The van der Waals surface area contributed by atoms with Crippen LogP contribution in [0.1, 0.15) is 12.8 Å². The van der Waals surface area contributed by atoms with E-state index in [4.69, 9.17) is 16.3 Å². The standard InChI is InChI=1S/C21H23ClN4O3/c1-24-18-6-3-9-23-20(18)26(21(24)28)13-15-7-10-25(11-8-15)19(27)14-29-17-5-2-4-16(22)12-17/h2-6,9,12,15H,7-8,10-11,13-14H2,1H3. The van der Waals surface area contributed by atoms with Gasteiger partial charge in [0.2, 0.25) is 0 Å². The molecule has 2 aromatic heterocycles. The molecule has 1 saturated heterocycles.